The number of carbonyl (C=O) groups excluding carboxylic acids is 3. The molecule has 0 aliphatic heterocycles. The Morgan fingerprint density at radius 3 is 2.35 bits per heavy atom. The Balaban J connectivity index is 4.35. The van der Waals surface area contributed by atoms with Gasteiger partial charge in [-0.05, 0) is 13.8 Å². The van der Waals surface area contributed by atoms with Crippen LogP contribution in [0, 0.1) is 0 Å². The fraction of sp³-hybridized carbons (Fsp3) is 0.500. The van der Waals surface area contributed by atoms with Crippen LogP contribution in [0.3, 0.4) is 0 Å². The molecule has 0 aliphatic rings. The van der Waals surface area contributed by atoms with Crippen molar-refractivity contribution in [1.82, 2.24) is 0 Å². The highest BCUT2D eigenvalue weighted by Crippen LogP contribution is 2.02. The Labute approximate surface area is 118 Å². The average Bonchev–Trinajstić information content (AvgIpc) is 2.34. The molecule has 1 unspecified atom stereocenters. The number of carbonyl (C=O) groups is 3. The molecule has 112 valence electrons. The van der Waals surface area contributed by atoms with Gasteiger partial charge in [0.05, 0.1) is 13.2 Å². The van der Waals surface area contributed by atoms with Crippen LogP contribution in [-0.2, 0) is 28.6 Å². The highest BCUT2D eigenvalue weighted by atomic mass is 16.6. The van der Waals surface area contributed by atoms with Crippen LogP contribution >= 0.6 is 0 Å². The number of ether oxygens (including phenoxy) is 3. The third kappa shape index (κ3) is 9.04. The first-order valence-corrected chi connectivity index (χ1v) is 6.07. The predicted molar refractivity (Wildman–Crippen MR) is 72.0 cm³/mol. The zero-order valence-electron chi connectivity index (χ0n) is 11.8. The van der Waals surface area contributed by atoms with Crippen LogP contribution in [-0.4, -0.2) is 43.6 Å². The Morgan fingerprint density at radius 2 is 1.85 bits per heavy atom. The molecule has 6 nitrogen and oxygen atoms in total. The Morgan fingerprint density at radius 1 is 1.20 bits per heavy atom. The molecule has 0 aliphatic carbocycles. The van der Waals surface area contributed by atoms with E-state index in [1.54, 1.807) is 0 Å². The summed E-state index contributed by atoms with van der Waals surface area (Å²) in [5, 5.41) is 0. The molecular formula is C14H20O6. The molecule has 0 fully saturated rings. The minimum absolute atomic E-state index is 0.0408. The van der Waals surface area contributed by atoms with Crippen LogP contribution in [0.5, 0.6) is 0 Å². The third-order valence-corrected chi connectivity index (χ3v) is 1.98. The van der Waals surface area contributed by atoms with Crippen molar-refractivity contribution in [2.75, 3.05) is 19.8 Å². The first kappa shape index (κ1) is 18.0. The smallest absolute Gasteiger partial charge is 0.333 e. The number of hydrogen-bond acceptors (Lipinski definition) is 6. The van der Waals surface area contributed by atoms with Crippen molar-refractivity contribution in [2.45, 2.75) is 26.4 Å². The van der Waals surface area contributed by atoms with Crippen LogP contribution in [0.25, 0.3) is 0 Å². The van der Waals surface area contributed by atoms with Crippen molar-refractivity contribution in [1.29, 1.82) is 0 Å². The monoisotopic (exact) mass is 284 g/mol. The van der Waals surface area contributed by atoms with Gasteiger partial charge in [0.15, 0.2) is 6.10 Å². The van der Waals surface area contributed by atoms with Gasteiger partial charge in [-0.25, -0.2) is 4.79 Å². The average molecular weight is 284 g/mol. The molecule has 0 bridgehead atoms. The maximum absolute atomic E-state index is 11.4. The number of Topliss-reactive ketones (excluding diaryl/α,β-unsaturated/α-hetero) is 1. The molecule has 20 heavy (non-hydrogen) atoms. The Bertz CT molecular complexity index is 385. The van der Waals surface area contributed by atoms with Crippen molar-refractivity contribution in [3.8, 4) is 0 Å². The number of rotatable bonds is 10. The van der Waals surface area contributed by atoms with Crippen LogP contribution in [0.4, 0.5) is 0 Å². The quantitative estimate of drug-likeness (QED) is 0.197. The van der Waals surface area contributed by atoms with Gasteiger partial charge in [0, 0.05) is 5.57 Å². The fourth-order valence-electron chi connectivity index (χ4n) is 1.12. The molecule has 0 rings (SSSR count). The maximum Gasteiger partial charge on any atom is 0.333 e. The second kappa shape index (κ2) is 9.91. The lowest BCUT2D eigenvalue weighted by atomic mass is 10.3. The molecule has 0 saturated heterocycles. The summed E-state index contributed by atoms with van der Waals surface area (Å²) < 4.78 is 15.1. The van der Waals surface area contributed by atoms with Gasteiger partial charge >= 0.3 is 11.9 Å². The van der Waals surface area contributed by atoms with E-state index in [0.29, 0.717) is 0 Å². The molecule has 0 N–H and O–H groups in total. The van der Waals surface area contributed by atoms with E-state index in [4.69, 9.17) is 14.2 Å². The second-order valence-corrected chi connectivity index (χ2v) is 4.20. The lowest BCUT2D eigenvalue weighted by Crippen LogP contribution is -2.30. The second-order valence-electron chi connectivity index (χ2n) is 4.20. The largest absolute Gasteiger partial charge is 0.458 e. The zero-order valence-corrected chi connectivity index (χ0v) is 11.8. The summed E-state index contributed by atoms with van der Waals surface area (Å²) in [6.07, 6.45) is 0.436. The zero-order chi connectivity index (χ0) is 15.5. The van der Waals surface area contributed by atoms with E-state index in [1.165, 1.54) is 19.9 Å². The first-order chi connectivity index (χ1) is 9.36. The minimum atomic E-state index is -0.773. The molecule has 0 spiro atoms. The van der Waals surface area contributed by atoms with Crippen molar-refractivity contribution in [3.63, 3.8) is 0 Å². The highest BCUT2D eigenvalue weighted by Gasteiger charge is 2.18. The lowest BCUT2D eigenvalue weighted by molar-refractivity contribution is -0.161. The summed E-state index contributed by atoms with van der Waals surface area (Å²) >= 11 is 0. The molecule has 0 aromatic heterocycles. The van der Waals surface area contributed by atoms with Crippen molar-refractivity contribution in [2.24, 2.45) is 0 Å². The SMILES string of the molecule is C=CCOCC(COC(=O)C(=C)C)OC(=O)CC(C)=O. The van der Waals surface area contributed by atoms with Crippen molar-refractivity contribution >= 4 is 17.7 Å². The van der Waals surface area contributed by atoms with Crippen LogP contribution in [0.15, 0.2) is 24.8 Å². The van der Waals surface area contributed by atoms with Crippen LogP contribution in [0.2, 0.25) is 0 Å². The maximum atomic E-state index is 11.4. The molecular weight excluding hydrogens is 264 g/mol. The first-order valence-electron chi connectivity index (χ1n) is 6.07. The Hall–Kier alpha value is -1.95. The van der Waals surface area contributed by atoms with E-state index >= 15 is 0 Å². The number of ketones is 1. The lowest BCUT2D eigenvalue weighted by Gasteiger charge is -2.17. The summed E-state index contributed by atoms with van der Waals surface area (Å²) in [4.78, 5) is 33.5. The predicted octanol–water partition coefficient (Wildman–Crippen LogP) is 1.20. The van der Waals surface area contributed by atoms with Gasteiger partial charge in [-0.1, -0.05) is 12.7 Å². The summed E-state index contributed by atoms with van der Waals surface area (Å²) in [5.74, 6) is -1.57. The fourth-order valence-corrected chi connectivity index (χ4v) is 1.12. The van der Waals surface area contributed by atoms with Crippen molar-refractivity contribution < 1.29 is 28.6 Å². The minimum Gasteiger partial charge on any atom is -0.458 e. The van der Waals surface area contributed by atoms with Gasteiger partial charge in [-0.3, -0.25) is 9.59 Å². The third-order valence-electron chi connectivity index (χ3n) is 1.98. The van der Waals surface area contributed by atoms with E-state index in [0.717, 1.165) is 0 Å². The number of esters is 2. The van der Waals surface area contributed by atoms with Gasteiger partial charge in [-0.2, -0.15) is 0 Å². The normalized spacial score (nSPS) is 11.3. The molecule has 0 radical (unpaired) electrons. The summed E-state index contributed by atoms with van der Waals surface area (Å²) in [6.45, 7) is 9.86. The van der Waals surface area contributed by atoms with Crippen molar-refractivity contribution in [3.05, 3.63) is 24.8 Å². The topological polar surface area (TPSA) is 78.9 Å². The van der Waals surface area contributed by atoms with Crippen LogP contribution < -0.4 is 0 Å². The van der Waals surface area contributed by atoms with Gasteiger partial charge in [0.2, 0.25) is 0 Å². The molecule has 0 saturated carbocycles. The van der Waals surface area contributed by atoms with E-state index < -0.39 is 18.0 Å². The van der Waals surface area contributed by atoms with Gasteiger partial charge < -0.3 is 14.2 Å². The van der Waals surface area contributed by atoms with Crippen LogP contribution in [0.1, 0.15) is 20.3 Å². The molecule has 0 amide bonds. The summed E-state index contributed by atoms with van der Waals surface area (Å²) in [5.41, 5.74) is 0.242. The summed E-state index contributed by atoms with van der Waals surface area (Å²) in [6, 6.07) is 0. The number of hydrogen-bond donors (Lipinski definition) is 0. The van der Waals surface area contributed by atoms with Gasteiger partial charge in [-0.15, -0.1) is 6.58 Å². The molecule has 1 atom stereocenters. The molecule has 0 aromatic rings. The standard InChI is InChI=1S/C14H20O6/c1-5-6-18-8-12(9-19-14(17)10(2)3)20-13(16)7-11(4)15/h5,12H,1-2,6-9H2,3-4H3. The molecule has 0 heterocycles. The van der Waals surface area contributed by atoms with E-state index in [9.17, 15) is 14.4 Å². The highest BCUT2D eigenvalue weighted by molar-refractivity contribution is 5.94. The summed E-state index contributed by atoms with van der Waals surface area (Å²) in [7, 11) is 0. The van der Waals surface area contributed by atoms with E-state index in [2.05, 4.69) is 13.2 Å². The van der Waals surface area contributed by atoms with E-state index in [-0.39, 0.29) is 37.6 Å². The van der Waals surface area contributed by atoms with Gasteiger partial charge in [0.25, 0.3) is 0 Å². The molecule has 6 heteroatoms. The van der Waals surface area contributed by atoms with Gasteiger partial charge in [0.1, 0.15) is 18.8 Å². The molecule has 0 aromatic carbocycles. The van der Waals surface area contributed by atoms with E-state index in [1.807, 2.05) is 0 Å². The Kier molecular flexibility index (Phi) is 8.95.